The second kappa shape index (κ2) is 5.55. The van der Waals surface area contributed by atoms with Gasteiger partial charge >= 0.3 is 6.18 Å². The lowest BCUT2D eigenvalue weighted by Gasteiger charge is -2.13. The second-order valence-corrected chi connectivity index (χ2v) is 4.47. The number of amides is 1. The SMILES string of the molecule is CCC1CCC(NC(=O)CCC(F)(F)F)C1. The van der Waals surface area contributed by atoms with E-state index in [1.54, 1.807) is 0 Å². The minimum atomic E-state index is -4.24. The van der Waals surface area contributed by atoms with Gasteiger partial charge in [-0.1, -0.05) is 13.3 Å². The molecule has 2 nitrogen and oxygen atoms in total. The zero-order chi connectivity index (χ0) is 12.2. The van der Waals surface area contributed by atoms with Gasteiger partial charge in [0.2, 0.25) is 5.91 Å². The summed E-state index contributed by atoms with van der Waals surface area (Å²) in [7, 11) is 0. The van der Waals surface area contributed by atoms with Crippen molar-refractivity contribution in [3.05, 3.63) is 0 Å². The molecule has 1 aliphatic carbocycles. The Morgan fingerprint density at radius 3 is 2.56 bits per heavy atom. The third-order valence-corrected chi connectivity index (χ3v) is 3.12. The fourth-order valence-electron chi connectivity index (χ4n) is 2.13. The van der Waals surface area contributed by atoms with Gasteiger partial charge in [0.15, 0.2) is 0 Å². The van der Waals surface area contributed by atoms with Crippen LogP contribution in [0.5, 0.6) is 0 Å². The lowest BCUT2D eigenvalue weighted by molar-refractivity contribution is -0.144. The molecule has 16 heavy (non-hydrogen) atoms. The van der Waals surface area contributed by atoms with Crippen molar-refractivity contribution in [2.45, 2.75) is 57.7 Å². The van der Waals surface area contributed by atoms with Crippen LogP contribution in [0.4, 0.5) is 13.2 Å². The van der Waals surface area contributed by atoms with Gasteiger partial charge in [0.05, 0.1) is 6.42 Å². The Hall–Kier alpha value is -0.740. The van der Waals surface area contributed by atoms with Gasteiger partial charge in [0.25, 0.3) is 0 Å². The molecule has 5 heteroatoms. The summed E-state index contributed by atoms with van der Waals surface area (Å²) in [5.41, 5.74) is 0. The lowest BCUT2D eigenvalue weighted by atomic mass is 10.1. The van der Waals surface area contributed by atoms with E-state index in [1.807, 2.05) is 0 Å². The van der Waals surface area contributed by atoms with E-state index >= 15 is 0 Å². The molecule has 1 aliphatic rings. The number of rotatable bonds is 4. The van der Waals surface area contributed by atoms with E-state index in [4.69, 9.17) is 0 Å². The maximum atomic E-state index is 11.9. The van der Waals surface area contributed by atoms with Gasteiger partial charge in [0, 0.05) is 12.5 Å². The van der Waals surface area contributed by atoms with Crippen molar-refractivity contribution >= 4 is 5.91 Å². The lowest BCUT2D eigenvalue weighted by Crippen LogP contribution is -2.33. The largest absolute Gasteiger partial charge is 0.389 e. The zero-order valence-corrected chi connectivity index (χ0v) is 9.44. The maximum absolute atomic E-state index is 11.9. The summed E-state index contributed by atoms with van der Waals surface area (Å²) in [5, 5.41) is 2.68. The van der Waals surface area contributed by atoms with E-state index in [2.05, 4.69) is 12.2 Å². The molecule has 0 aromatic carbocycles. The van der Waals surface area contributed by atoms with Crippen molar-refractivity contribution in [3.63, 3.8) is 0 Å². The van der Waals surface area contributed by atoms with Crippen molar-refractivity contribution in [1.29, 1.82) is 0 Å². The molecule has 0 spiro atoms. The van der Waals surface area contributed by atoms with E-state index in [0.29, 0.717) is 5.92 Å². The van der Waals surface area contributed by atoms with Crippen molar-refractivity contribution in [1.82, 2.24) is 5.32 Å². The second-order valence-electron chi connectivity index (χ2n) is 4.47. The molecule has 2 unspecified atom stereocenters. The van der Waals surface area contributed by atoms with Gasteiger partial charge in [0.1, 0.15) is 0 Å². The average molecular weight is 237 g/mol. The van der Waals surface area contributed by atoms with Crippen LogP contribution in [0.15, 0.2) is 0 Å². The molecule has 1 fully saturated rings. The number of carbonyl (C=O) groups excluding carboxylic acids is 1. The van der Waals surface area contributed by atoms with E-state index in [9.17, 15) is 18.0 Å². The first-order valence-electron chi connectivity index (χ1n) is 5.77. The van der Waals surface area contributed by atoms with Crippen LogP contribution in [0.3, 0.4) is 0 Å². The zero-order valence-electron chi connectivity index (χ0n) is 9.44. The number of nitrogens with one attached hydrogen (secondary N) is 1. The molecule has 1 N–H and O–H groups in total. The summed E-state index contributed by atoms with van der Waals surface area (Å²) in [5.74, 6) is 0.145. The molecule has 1 rings (SSSR count). The molecule has 94 valence electrons. The minimum absolute atomic E-state index is 0.0886. The Labute approximate surface area is 93.6 Å². The number of alkyl halides is 3. The molecule has 0 radical (unpaired) electrons. The summed E-state index contributed by atoms with van der Waals surface area (Å²) >= 11 is 0. The van der Waals surface area contributed by atoms with E-state index in [0.717, 1.165) is 25.7 Å². The third-order valence-electron chi connectivity index (χ3n) is 3.12. The molecule has 0 bridgehead atoms. The van der Waals surface area contributed by atoms with Gasteiger partial charge in [-0.25, -0.2) is 0 Å². The first-order valence-corrected chi connectivity index (χ1v) is 5.77. The van der Waals surface area contributed by atoms with Gasteiger partial charge in [-0.15, -0.1) is 0 Å². The smallest absolute Gasteiger partial charge is 0.353 e. The third kappa shape index (κ3) is 4.86. The van der Waals surface area contributed by atoms with Gasteiger partial charge in [-0.2, -0.15) is 13.2 Å². The Morgan fingerprint density at radius 1 is 1.38 bits per heavy atom. The van der Waals surface area contributed by atoms with Crippen LogP contribution in [0.1, 0.15) is 45.4 Å². The monoisotopic (exact) mass is 237 g/mol. The highest BCUT2D eigenvalue weighted by atomic mass is 19.4. The number of halogens is 3. The summed E-state index contributed by atoms with van der Waals surface area (Å²) < 4.78 is 35.6. The maximum Gasteiger partial charge on any atom is 0.389 e. The Kier molecular flexibility index (Phi) is 4.62. The van der Waals surface area contributed by atoms with Crippen molar-refractivity contribution in [2.24, 2.45) is 5.92 Å². The van der Waals surface area contributed by atoms with Crippen LogP contribution in [-0.4, -0.2) is 18.1 Å². The topological polar surface area (TPSA) is 29.1 Å². The van der Waals surface area contributed by atoms with Crippen molar-refractivity contribution < 1.29 is 18.0 Å². The first-order chi connectivity index (χ1) is 7.40. The highest BCUT2D eigenvalue weighted by molar-refractivity contribution is 5.76. The molecule has 0 aromatic heterocycles. The molecular weight excluding hydrogens is 219 g/mol. The average Bonchev–Trinajstić information content (AvgIpc) is 2.61. The molecule has 0 heterocycles. The van der Waals surface area contributed by atoms with Crippen LogP contribution >= 0.6 is 0 Å². The summed E-state index contributed by atoms with van der Waals surface area (Å²) in [6.07, 6.45) is -1.75. The highest BCUT2D eigenvalue weighted by Crippen LogP contribution is 2.28. The van der Waals surface area contributed by atoms with Crippen molar-refractivity contribution in [3.8, 4) is 0 Å². The minimum Gasteiger partial charge on any atom is -0.353 e. The molecule has 0 aromatic rings. The first kappa shape index (κ1) is 13.3. The molecule has 1 saturated carbocycles. The van der Waals surface area contributed by atoms with Crippen LogP contribution in [-0.2, 0) is 4.79 Å². The summed E-state index contributed by atoms with van der Waals surface area (Å²) in [6.45, 7) is 2.10. The molecule has 0 saturated heterocycles. The predicted molar refractivity (Wildman–Crippen MR) is 54.9 cm³/mol. The normalized spacial score (nSPS) is 25.8. The fraction of sp³-hybridized carbons (Fsp3) is 0.909. The van der Waals surface area contributed by atoms with Crippen LogP contribution < -0.4 is 5.32 Å². The molecule has 1 amide bonds. The summed E-state index contributed by atoms with van der Waals surface area (Å²) in [6, 6.07) is 0.0886. The van der Waals surface area contributed by atoms with Crippen LogP contribution in [0.2, 0.25) is 0 Å². The van der Waals surface area contributed by atoms with E-state index < -0.39 is 24.9 Å². The molecule has 2 atom stereocenters. The van der Waals surface area contributed by atoms with E-state index in [1.165, 1.54) is 0 Å². The Bertz CT molecular complexity index is 240. The Morgan fingerprint density at radius 2 is 2.06 bits per heavy atom. The van der Waals surface area contributed by atoms with Crippen LogP contribution in [0, 0.1) is 5.92 Å². The molecule has 0 aliphatic heterocycles. The van der Waals surface area contributed by atoms with Crippen LogP contribution in [0.25, 0.3) is 0 Å². The standard InChI is InChI=1S/C11H18F3NO/c1-2-8-3-4-9(7-8)15-10(16)5-6-11(12,13)14/h8-9H,2-7H2,1H3,(H,15,16). The van der Waals surface area contributed by atoms with Crippen molar-refractivity contribution in [2.75, 3.05) is 0 Å². The fourth-order valence-corrected chi connectivity index (χ4v) is 2.13. The van der Waals surface area contributed by atoms with Gasteiger partial charge < -0.3 is 5.32 Å². The number of hydrogen-bond donors (Lipinski definition) is 1. The quantitative estimate of drug-likeness (QED) is 0.800. The number of hydrogen-bond acceptors (Lipinski definition) is 1. The van der Waals surface area contributed by atoms with Gasteiger partial charge in [-0.3, -0.25) is 4.79 Å². The van der Waals surface area contributed by atoms with E-state index in [-0.39, 0.29) is 6.04 Å². The van der Waals surface area contributed by atoms with Gasteiger partial charge in [-0.05, 0) is 25.2 Å². The number of carbonyl (C=O) groups is 1. The Balaban J connectivity index is 2.20. The predicted octanol–water partition coefficient (Wildman–Crippen LogP) is 3.02. The summed E-state index contributed by atoms with van der Waals surface area (Å²) in [4.78, 5) is 11.2. The highest BCUT2D eigenvalue weighted by Gasteiger charge is 2.29. The molecular formula is C11H18F3NO.